The second kappa shape index (κ2) is 7.98. The molecular formula is C25H27FN2O4. The molecule has 7 heteroatoms. The Morgan fingerprint density at radius 3 is 2.44 bits per heavy atom. The van der Waals surface area contributed by atoms with Crippen molar-refractivity contribution in [3.63, 3.8) is 0 Å². The molecule has 168 valence electrons. The third kappa shape index (κ3) is 3.31. The number of hydrogen-bond acceptors (Lipinski definition) is 4. The number of nitrogens with zero attached hydrogens (tertiary/aromatic N) is 2. The van der Waals surface area contributed by atoms with Gasteiger partial charge in [-0.1, -0.05) is 36.4 Å². The predicted molar refractivity (Wildman–Crippen MR) is 116 cm³/mol. The van der Waals surface area contributed by atoms with Gasteiger partial charge in [0.15, 0.2) is 0 Å². The number of hydrogen-bond donors (Lipinski definition) is 1. The van der Waals surface area contributed by atoms with Gasteiger partial charge in [0.05, 0.1) is 18.2 Å². The molecule has 0 radical (unpaired) electrons. The highest BCUT2D eigenvalue weighted by atomic mass is 19.1. The molecule has 2 aromatic carbocycles. The third-order valence-corrected chi connectivity index (χ3v) is 7.09. The highest BCUT2D eigenvalue weighted by molar-refractivity contribution is 5.85. The molecule has 32 heavy (non-hydrogen) atoms. The summed E-state index contributed by atoms with van der Waals surface area (Å²) in [5.41, 5.74) is 2.17. The monoisotopic (exact) mass is 438 g/mol. The highest BCUT2D eigenvalue weighted by Gasteiger charge is 2.68. The molecule has 6 nitrogen and oxygen atoms in total. The van der Waals surface area contributed by atoms with Crippen molar-refractivity contribution < 1.29 is 23.8 Å². The van der Waals surface area contributed by atoms with Crippen molar-refractivity contribution in [1.29, 1.82) is 0 Å². The molecule has 2 aliphatic heterocycles. The summed E-state index contributed by atoms with van der Waals surface area (Å²) >= 11 is 0. The fourth-order valence-corrected chi connectivity index (χ4v) is 5.51. The summed E-state index contributed by atoms with van der Waals surface area (Å²) in [4.78, 5) is 29.0. The molecule has 1 saturated carbocycles. The third-order valence-electron chi connectivity index (χ3n) is 7.09. The smallest absolute Gasteiger partial charge is 0.249 e. The van der Waals surface area contributed by atoms with E-state index in [0.717, 1.165) is 29.5 Å². The Morgan fingerprint density at radius 1 is 1.12 bits per heavy atom. The Kier molecular flexibility index (Phi) is 5.26. The van der Waals surface area contributed by atoms with Gasteiger partial charge in [-0.25, -0.2) is 4.39 Å². The lowest BCUT2D eigenvalue weighted by Crippen LogP contribution is -2.86. The van der Waals surface area contributed by atoms with Gasteiger partial charge in [-0.15, -0.1) is 0 Å². The van der Waals surface area contributed by atoms with Gasteiger partial charge in [0.2, 0.25) is 11.8 Å². The summed E-state index contributed by atoms with van der Waals surface area (Å²) in [5, 5.41) is 10.1. The molecule has 1 aliphatic carbocycles. The van der Waals surface area contributed by atoms with E-state index in [1.165, 1.54) is 19.2 Å². The Bertz CT molecular complexity index is 1030. The molecule has 3 fully saturated rings. The van der Waals surface area contributed by atoms with Crippen molar-refractivity contribution in [3.8, 4) is 11.1 Å². The van der Waals surface area contributed by atoms with Crippen LogP contribution in [0.4, 0.5) is 4.39 Å². The summed E-state index contributed by atoms with van der Waals surface area (Å²) in [5.74, 6) is -0.238. The SMILES string of the molecule is COCC(=O)N1[C@@H](CO)[C@@H](c2ccc(-c3cccc(F)c3)cc2)C12CN(C(=O)C1CC1)C2. The van der Waals surface area contributed by atoms with E-state index in [9.17, 15) is 19.1 Å². The van der Waals surface area contributed by atoms with E-state index in [1.54, 1.807) is 11.0 Å². The normalized spacial score (nSPS) is 23.6. The fourth-order valence-electron chi connectivity index (χ4n) is 5.51. The molecule has 3 aliphatic rings. The van der Waals surface area contributed by atoms with Gasteiger partial charge < -0.3 is 19.6 Å². The van der Waals surface area contributed by atoms with Gasteiger partial charge in [-0.2, -0.15) is 0 Å². The number of carbonyl (C=O) groups excluding carboxylic acids is 2. The molecule has 0 unspecified atom stereocenters. The van der Waals surface area contributed by atoms with Crippen LogP contribution in [0.3, 0.4) is 0 Å². The fraction of sp³-hybridized carbons (Fsp3) is 0.440. The second-order valence-corrected chi connectivity index (χ2v) is 9.13. The molecule has 0 bridgehead atoms. The van der Waals surface area contributed by atoms with Gasteiger partial charge in [-0.05, 0) is 41.7 Å². The average Bonchev–Trinajstić information content (AvgIpc) is 3.58. The van der Waals surface area contributed by atoms with Crippen LogP contribution < -0.4 is 0 Å². The van der Waals surface area contributed by atoms with Crippen molar-refractivity contribution >= 4 is 11.8 Å². The first-order valence-electron chi connectivity index (χ1n) is 11.0. The van der Waals surface area contributed by atoms with Crippen LogP contribution in [-0.4, -0.2) is 71.7 Å². The van der Waals surface area contributed by atoms with Crippen LogP contribution in [0.5, 0.6) is 0 Å². The minimum absolute atomic E-state index is 0.0555. The molecule has 0 aromatic heterocycles. The minimum Gasteiger partial charge on any atom is -0.394 e. The lowest BCUT2D eigenvalue weighted by molar-refractivity contribution is -0.205. The summed E-state index contributed by atoms with van der Waals surface area (Å²) in [6, 6.07) is 13.9. The van der Waals surface area contributed by atoms with E-state index in [2.05, 4.69) is 0 Å². The zero-order valence-corrected chi connectivity index (χ0v) is 18.0. The van der Waals surface area contributed by atoms with Gasteiger partial charge in [0, 0.05) is 32.0 Å². The van der Waals surface area contributed by atoms with Crippen molar-refractivity contribution in [1.82, 2.24) is 9.80 Å². The molecular weight excluding hydrogens is 411 g/mol. The summed E-state index contributed by atoms with van der Waals surface area (Å²) in [7, 11) is 1.48. The maximum Gasteiger partial charge on any atom is 0.249 e. The van der Waals surface area contributed by atoms with Crippen molar-refractivity contribution in [2.75, 3.05) is 33.4 Å². The molecule has 5 rings (SSSR count). The Morgan fingerprint density at radius 2 is 1.84 bits per heavy atom. The molecule has 2 saturated heterocycles. The Hall–Kier alpha value is -2.77. The van der Waals surface area contributed by atoms with Gasteiger partial charge in [0.1, 0.15) is 12.4 Å². The van der Waals surface area contributed by atoms with Gasteiger partial charge in [-0.3, -0.25) is 9.59 Å². The van der Waals surface area contributed by atoms with E-state index in [0.29, 0.717) is 13.1 Å². The van der Waals surface area contributed by atoms with E-state index in [4.69, 9.17) is 4.74 Å². The number of amides is 2. The lowest BCUT2D eigenvalue weighted by Gasteiger charge is -2.70. The summed E-state index contributed by atoms with van der Waals surface area (Å²) in [6.07, 6.45) is 1.89. The standard InChI is InChI=1S/C25H27FN2O4/c1-32-13-22(30)28-21(12-29)23(25(28)14-27(15-25)24(31)18-9-10-18)17-7-5-16(6-8-17)19-3-2-4-20(26)11-19/h2-8,11,18,21,23,29H,9-10,12-15H2,1H3/t21-,23+/m0/s1. The van der Waals surface area contributed by atoms with Crippen molar-refractivity contribution in [2.24, 2.45) is 5.92 Å². The second-order valence-electron chi connectivity index (χ2n) is 9.13. The zero-order valence-electron chi connectivity index (χ0n) is 18.0. The number of aliphatic hydroxyl groups excluding tert-OH is 1. The highest BCUT2D eigenvalue weighted by Crippen LogP contribution is 2.54. The predicted octanol–water partition coefficient (Wildman–Crippen LogP) is 2.42. The van der Waals surface area contributed by atoms with E-state index in [-0.39, 0.29) is 48.7 Å². The Labute approximate surface area is 186 Å². The first-order valence-corrected chi connectivity index (χ1v) is 11.0. The number of halogens is 1. The topological polar surface area (TPSA) is 70.1 Å². The van der Waals surface area contributed by atoms with Crippen LogP contribution in [0.1, 0.15) is 24.3 Å². The summed E-state index contributed by atoms with van der Waals surface area (Å²) in [6.45, 7) is 0.735. The van der Waals surface area contributed by atoms with Crippen LogP contribution in [0.25, 0.3) is 11.1 Å². The minimum atomic E-state index is -0.520. The Balaban J connectivity index is 1.43. The van der Waals surface area contributed by atoms with E-state index < -0.39 is 5.54 Å². The largest absolute Gasteiger partial charge is 0.394 e. The molecule has 2 aromatic rings. The molecule has 1 spiro atoms. The number of benzene rings is 2. The first-order chi connectivity index (χ1) is 15.5. The van der Waals surface area contributed by atoms with Gasteiger partial charge in [0.25, 0.3) is 0 Å². The average molecular weight is 438 g/mol. The van der Waals surface area contributed by atoms with Crippen LogP contribution in [-0.2, 0) is 14.3 Å². The maximum absolute atomic E-state index is 13.6. The number of likely N-dealkylation sites (tertiary alicyclic amines) is 2. The number of ether oxygens (including phenoxy) is 1. The van der Waals surface area contributed by atoms with Crippen LogP contribution >= 0.6 is 0 Å². The van der Waals surface area contributed by atoms with Crippen molar-refractivity contribution in [3.05, 3.63) is 59.9 Å². The van der Waals surface area contributed by atoms with Crippen LogP contribution in [0, 0.1) is 11.7 Å². The molecule has 2 amide bonds. The molecule has 1 N–H and O–H groups in total. The van der Waals surface area contributed by atoms with Gasteiger partial charge >= 0.3 is 0 Å². The van der Waals surface area contributed by atoms with E-state index in [1.807, 2.05) is 35.2 Å². The van der Waals surface area contributed by atoms with Crippen molar-refractivity contribution in [2.45, 2.75) is 30.3 Å². The zero-order chi connectivity index (χ0) is 22.5. The quantitative estimate of drug-likeness (QED) is 0.752. The molecule has 2 atom stereocenters. The molecule has 2 heterocycles. The van der Waals surface area contributed by atoms with Crippen LogP contribution in [0.2, 0.25) is 0 Å². The number of aliphatic hydroxyl groups is 1. The first kappa shape index (κ1) is 21.1. The number of carbonyl (C=O) groups is 2. The number of rotatable bonds is 6. The maximum atomic E-state index is 13.6. The summed E-state index contributed by atoms with van der Waals surface area (Å²) < 4.78 is 18.7. The van der Waals surface area contributed by atoms with Crippen LogP contribution in [0.15, 0.2) is 48.5 Å². The lowest BCUT2D eigenvalue weighted by atomic mass is 9.60. The van der Waals surface area contributed by atoms with E-state index >= 15 is 0 Å². The number of methoxy groups -OCH3 is 1.